The first kappa shape index (κ1) is 16.4. The van der Waals surface area contributed by atoms with E-state index in [2.05, 4.69) is 10.4 Å². The fourth-order valence-electron chi connectivity index (χ4n) is 3.23. The van der Waals surface area contributed by atoms with Gasteiger partial charge in [0.25, 0.3) is 5.91 Å². The molecular weight excluding hydrogens is 311 g/mol. The van der Waals surface area contributed by atoms with Gasteiger partial charge in [0, 0.05) is 20.3 Å². The van der Waals surface area contributed by atoms with Crippen molar-refractivity contribution in [3.05, 3.63) is 46.9 Å². The molecule has 0 spiro atoms. The van der Waals surface area contributed by atoms with E-state index in [1.807, 2.05) is 6.07 Å². The van der Waals surface area contributed by atoms with Gasteiger partial charge in [-0.15, -0.1) is 0 Å². The van der Waals surface area contributed by atoms with Crippen LogP contribution in [0.2, 0.25) is 0 Å². The van der Waals surface area contributed by atoms with Crippen molar-refractivity contribution < 1.29 is 13.9 Å². The lowest BCUT2D eigenvalue weighted by Crippen LogP contribution is -2.49. The summed E-state index contributed by atoms with van der Waals surface area (Å²) in [5.74, 6) is -0.319. The van der Waals surface area contributed by atoms with Gasteiger partial charge in [0.1, 0.15) is 17.2 Å². The standard InChI is InChI=1S/C17H21FN4O2/c1-11-14(15(19)22(2)21-11)16(23)20-17(6-8-24-9-7-17)12-4-3-5-13(18)10-12/h3-5,10H,6-9,19H2,1-2H3,(H,20,23). The van der Waals surface area contributed by atoms with Crippen molar-refractivity contribution in [1.82, 2.24) is 15.1 Å². The predicted molar refractivity (Wildman–Crippen MR) is 88.0 cm³/mol. The third-order valence-electron chi connectivity index (χ3n) is 4.57. The zero-order chi connectivity index (χ0) is 17.3. The highest BCUT2D eigenvalue weighted by Gasteiger charge is 2.37. The Balaban J connectivity index is 1.97. The van der Waals surface area contributed by atoms with Crippen LogP contribution in [0.25, 0.3) is 0 Å². The van der Waals surface area contributed by atoms with E-state index in [-0.39, 0.29) is 11.7 Å². The number of aromatic nitrogens is 2. The van der Waals surface area contributed by atoms with Crippen LogP contribution in [0.3, 0.4) is 0 Å². The molecule has 24 heavy (non-hydrogen) atoms. The summed E-state index contributed by atoms with van der Waals surface area (Å²) in [4.78, 5) is 12.9. The lowest BCUT2D eigenvalue weighted by Gasteiger charge is -2.38. The Kier molecular flexibility index (Phi) is 4.28. The molecular formula is C17H21FN4O2. The van der Waals surface area contributed by atoms with E-state index in [0.717, 1.165) is 5.56 Å². The van der Waals surface area contributed by atoms with Gasteiger partial charge in [0.05, 0.1) is 11.2 Å². The molecule has 6 nitrogen and oxygen atoms in total. The lowest BCUT2D eigenvalue weighted by molar-refractivity contribution is 0.0344. The maximum atomic E-state index is 13.7. The minimum atomic E-state index is -0.674. The number of hydrogen-bond donors (Lipinski definition) is 2. The molecule has 128 valence electrons. The lowest BCUT2D eigenvalue weighted by atomic mass is 9.82. The highest BCUT2D eigenvalue weighted by Crippen LogP contribution is 2.33. The Morgan fingerprint density at radius 3 is 2.71 bits per heavy atom. The van der Waals surface area contributed by atoms with E-state index in [1.54, 1.807) is 20.0 Å². The van der Waals surface area contributed by atoms with Gasteiger partial charge in [-0.3, -0.25) is 9.48 Å². The molecule has 1 fully saturated rings. The van der Waals surface area contributed by atoms with Crippen molar-refractivity contribution in [3.8, 4) is 0 Å². The molecule has 1 aromatic carbocycles. The highest BCUT2D eigenvalue weighted by atomic mass is 19.1. The number of benzene rings is 1. The zero-order valence-electron chi connectivity index (χ0n) is 13.8. The van der Waals surface area contributed by atoms with Gasteiger partial charge in [0.15, 0.2) is 0 Å². The maximum absolute atomic E-state index is 13.7. The number of amides is 1. The molecule has 2 aromatic rings. The van der Waals surface area contributed by atoms with Crippen molar-refractivity contribution in [3.63, 3.8) is 0 Å². The van der Waals surface area contributed by atoms with E-state index in [9.17, 15) is 9.18 Å². The van der Waals surface area contributed by atoms with Gasteiger partial charge in [-0.05, 0) is 37.5 Å². The van der Waals surface area contributed by atoms with Crippen LogP contribution in [0.5, 0.6) is 0 Å². The number of nitrogens with one attached hydrogen (secondary N) is 1. The van der Waals surface area contributed by atoms with Crippen LogP contribution < -0.4 is 11.1 Å². The molecule has 0 bridgehead atoms. The van der Waals surface area contributed by atoms with Gasteiger partial charge in [-0.1, -0.05) is 12.1 Å². The molecule has 1 aliphatic rings. The third kappa shape index (κ3) is 2.87. The number of halogens is 1. The Morgan fingerprint density at radius 2 is 2.12 bits per heavy atom. The van der Waals surface area contributed by atoms with E-state index in [4.69, 9.17) is 10.5 Å². The summed E-state index contributed by atoms with van der Waals surface area (Å²) in [6.45, 7) is 2.74. The number of carbonyl (C=O) groups excluding carboxylic acids is 1. The van der Waals surface area contributed by atoms with Crippen LogP contribution in [-0.4, -0.2) is 28.9 Å². The van der Waals surface area contributed by atoms with E-state index in [0.29, 0.717) is 43.1 Å². The number of carbonyl (C=O) groups is 1. The summed E-state index contributed by atoms with van der Waals surface area (Å²) in [5.41, 5.74) is 6.96. The van der Waals surface area contributed by atoms with Gasteiger partial charge in [-0.25, -0.2) is 4.39 Å². The van der Waals surface area contributed by atoms with Crippen molar-refractivity contribution >= 4 is 11.7 Å². The van der Waals surface area contributed by atoms with Crippen LogP contribution in [0.15, 0.2) is 24.3 Å². The van der Waals surface area contributed by atoms with Gasteiger partial charge in [-0.2, -0.15) is 5.10 Å². The molecule has 0 radical (unpaired) electrons. The van der Waals surface area contributed by atoms with Crippen molar-refractivity contribution in [2.75, 3.05) is 18.9 Å². The molecule has 1 aliphatic heterocycles. The molecule has 7 heteroatoms. The average Bonchev–Trinajstić information content (AvgIpc) is 2.81. The summed E-state index contributed by atoms with van der Waals surface area (Å²) < 4.78 is 20.6. The molecule has 0 aliphatic carbocycles. The number of hydrogen-bond acceptors (Lipinski definition) is 4. The Morgan fingerprint density at radius 1 is 1.42 bits per heavy atom. The van der Waals surface area contributed by atoms with Crippen LogP contribution in [0.4, 0.5) is 10.2 Å². The summed E-state index contributed by atoms with van der Waals surface area (Å²) in [6.07, 6.45) is 1.14. The number of nitrogens with zero attached hydrogens (tertiary/aromatic N) is 2. The van der Waals surface area contributed by atoms with Crippen molar-refractivity contribution in [2.24, 2.45) is 7.05 Å². The fraction of sp³-hybridized carbons (Fsp3) is 0.412. The summed E-state index contributed by atoms with van der Waals surface area (Å²) in [5, 5.41) is 7.25. The monoisotopic (exact) mass is 332 g/mol. The SMILES string of the molecule is Cc1nn(C)c(N)c1C(=O)NC1(c2cccc(F)c2)CCOCC1. The number of nitrogen functional groups attached to an aromatic ring is 1. The number of aryl methyl sites for hydroxylation is 2. The molecule has 0 atom stereocenters. The molecule has 1 saturated heterocycles. The molecule has 0 saturated carbocycles. The minimum absolute atomic E-state index is 0.302. The van der Waals surface area contributed by atoms with E-state index < -0.39 is 5.54 Å². The van der Waals surface area contributed by atoms with Crippen LogP contribution >= 0.6 is 0 Å². The fourth-order valence-corrected chi connectivity index (χ4v) is 3.23. The van der Waals surface area contributed by atoms with Crippen LogP contribution in [0.1, 0.15) is 34.5 Å². The number of anilines is 1. The number of rotatable bonds is 3. The topological polar surface area (TPSA) is 82.2 Å². The van der Waals surface area contributed by atoms with Gasteiger partial charge >= 0.3 is 0 Å². The van der Waals surface area contributed by atoms with Crippen molar-refractivity contribution in [2.45, 2.75) is 25.3 Å². The van der Waals surface area contributed by atoms with Gasteiger partial charge in [0.2, 0.25) is 0 Å². The van der Waals surface area contributed by atoms with Crippen LogP contribution in [0, 0.1) is 12.7 Å². The normalized spacial score (nSPS) is 16.8. The first-order valence-corrected chi connectivity index (χ1v) is 7.88. The summed E-state index contributed by atoms with van der Waals surface area (Å²) in [6, 6.07) is 6.33. The second kappa shape index (κ2) is 6.24. The quantitative estimate of drug-likeness (QED) is 0.899. The second-order valence-corrected chi connectivity index (χ2v) is 6.13. The number of nitrogens with two attached hydrogens (primary N) is 1. The highest BCUT2D eigenvalue weighted by molar-refractivity contribution is 6.00. The molecule has 3 N–H and O–H groups in total. The Labute approximate surface area is 139 Å². The summed E-state index contributed by atoms with van der Waals surface area (Å²) >= 11 is 0. The van der Waals surface area contributed by atoms with E-state index >= 15 is 0 Å². The Bertz CT molecular complexity index is 766. The maximum Gasteiger partial charge on any atom is 0.257 e. The molecule has 3 rings (SSSR count). The Hall–Kier alpha value is -2.41. The van der Waals surface area contributed by atoms with Gasteiger partial charge < -0.3 is 15.8 Å². The molecule has 0 unspecified atom stereocenters. The van der Waals surface area contributed by atoms with E-state index in [1.165, 1.54) is 16.8 Å². The van der Waals surface area contributed by atoms with Crippen LogP contribution in [-0.2, 0) is 17.3 Å². The second-order valence-electron chi connectivity index (χ2n) is 6.13. The molecule has 1 aromatic heterocycles. The summed E-state index contributed by atoms with van der Waals surface area (Å²) in [7, 11) is 1.69. The first-order valence-electron chi connectivity index (χ1n) is 7.88. The third-order valence-corrected chi connectivity index (χ3v) is 4.57. The smallest absolute Gasteiger partial charge is 0.257 e. The first-order chi connectivity index (χ1) is 11.4. The molecule has 2 heterocycles. The molecule has 1 amide bonds. The zero-order valence-corrected chi connectivity index (χ0v) is 13.8. The number of ether oxygens (including phenoxy) is 1. The minimum Gasteiger partial charge on any atom is -0.383 e. The predicted octanol–water partition coefficient (Wildman–Crippen LogP) is 1.89. The largest absolute Gasteiger partial charge is 0.383 e. The van der Waals surface area contributed by atoms with Crippen molar-refractivity contribution in [1.29, 1.82) is 0 Å². The average molecular weight is 332 g/mol.